The van der Waals surface area contributed by atoms with Crippen LogP contribution in [0.1, 0.15) is 82.6 Å². The highest BCUT2D eigenvalue weighted by Gasteiger charge is 2.70. The molecule has 8 rings (SSSR count). The van der Waals surface area contributed by atoms with E-state index in [4.69, 9.17) is 18.8 Å². The summed E-state index contributed by atoms with van der Waals surface area (Å²) in [6.07, 6.45) is 3.55. The molecule has 8 heteroatoms. The number of esters is 1. The summed E-state index contributed by atoms with van der Waals surface area (Å²) in [5.74, 6) is 1.93. The molecule has 7 atom stereocenters. The SMILES string of the molecule is C[C@@H](Sc1ccc([C@H]2C[C@H]2B2O[C@H]3C[C@H]4C[C@H](C4(C)C)[C@]3(C)O2)c2c1C(=O)OC(C)(C)O2)C1CNC1. The topological polar surface area (TPSA) is 66.0 Å². The van der Waals surface area contributed by atoms with Gasteiger partial charge in [0.15, 0.2) is 0 Å². The summed E-state index contributed by atoms with van der Waals surface area (Å²) in [5, 5.41) is 3.77. The Morgan fingerprint density at radius 1 is 1.08 bits per heavy atom. The first kappa shape index (κ1) is 23.9. The lowest BCUT2D eigenvalue weighted by Gasteiger charge is -2.64. The number of thioether (sulfide) groups is 1. The van der Waals surface area contributed by atoms with E-state index in [-0.39, 0.29) is 30.7 Å². The van der Waals surface area contributed by atoms with Crippen molar-refractivity contribution in [3.05, 3.63) is 23.3 Å². The van der Waals surface area contributed by atoms with E-state index in [9.17, 15) is 4.79 Å². The molecule has 0 unspecified atom stereocenters. The molecule has 0 radical (unpaired) electrons. The maximum absolute atomic E-state index is 13.2. The van der Waals surface area contributed by atoms with Gasteiger partial charge in [-0.05, 0) is 66.9 Å². The fraction of sp³-hybridized carbons (Fsp3) is 0.750. The molecule has 4 aliphatic carbocycles. The Morgan fingerprint density at radius 2 is 1.86 bits per heavy atom. The van der Waals surface area contributed by atoms with Gasteiger partial charge >= 0.3 is 13.1 Å². The summed E-state index contributed by atoms with van der Waals surface area (Å²) >= 11 is 1.76. The van der Waals surface area contributed by atoms with Gasteiger partial charge in [-0.1, -0.05) is 26.8 Å². The minimum atomic E-state index is -0.981. The predicted octanol–water partition coefficient (Wildman–Crippen LogP) is 5.26. The maximum atomic E-state index is 13.2. The third-order valence-electron chi connectivity index (χ3n) is 10.4. The number of hydrogen-bond donors (Lipinski definition) is 1. The highest BCUT2D eigenvalue weighted by Crippen LogP contribution is 2.68. The molecule has 36 heavy (non-hydrogen) atoms. The van der Waals surface area contributed by atoms with Gasteiger partial charge in [0.2, 0.25) is 5.79 Å². The maximum Gasteiger partial charge on any atom is 0.461 e. The molecule has 2 bridgehead atoms. The number of rotatable bonds is 5. The van der Waals surface area contributed by atoms with Gasteiger partial charge in [-0.15, -0.1) is 11.8 Å². The van der Waals surface area contributed by atoms with Crippen molar-refractivity contribution in [2.45, 2.75) is 100 Å². The Morgan fingerprint density at radius 3 is 2.56 bits per heavy atom. The fourth-order valence-corrected chi connectivity index (χ4v) is 8.94. The van der Waals surface area contributed by atoms with Crippen LogP contribution in [0.4, 0.5) is 0 Å². The average molecular weight is 511 g/mol. The monoisotopic (exact) mass is 511 g/mol. The zero-order chi connectivity index (χ0) is 25.2. The quantitative estimate of drug-likeness (QED) is 0.329. The molecule has 6 nitrogen and oxygen atoms in total. The number of hydrogen-bond acceptors (Lipinski definition) is 7. The molecule has 0 amide bonds. The Labute approximate surface area is 219 Å². The van der Waals surface area contributed by atoms with Crippen LogP contribution in [-0.2, 0) is 14.0 Å². The lowest BCUT2D eigenvalue weighted by molar-refractivity contribution is -0.199. The molecule has 1 aromatic carbocycles. The zero-order valence-corrected chi connectivity index (χ0v) is 23.1. The first-order chi connectivity index (χ1) is 17.0. The molecule has 2 saturated heterocycles. The van der Waals surface area contributed by atoms with Crippen LogP contribution in [0.15, 0.2) is 17.0 Å². The molecule has 1 N–H and O–H groups in total. The van der Waals surface area contributed by atoms with Crippen LogP contribution in [0.5, 0.6) is 5.75 Å². The van der Waals surface area contributed by atoms with Crippen LogP contribution >= 0.6 is 11.8 Å². The van der Waals surface area contributed by atoms with Gasteiger partial charge in [0.1, 0.15) is 11.3 Å². The lowest BCUT2D eigenvalue weighted by atomic mass is 9.43. The first-order valence-electron chi connectivity index (χ1n) is 13.8. The second kappa shape index (κ2) is 7.68. The van der Waals surface area contributed by atoms with E-state index in [1.54, 1.807) is 11.8 Å². The van der Waals surface area contributed by atoms with Gasteiger partial charge < -0.3 is 24.1 Å². The van der Waals surface area contributed by atoms with Crippen molar-refractivity contribution in [1.29, 1.82) is 0 Å². The number of fused-ring (bicyclic) bond motifs is 1. The zero-order valence-electron chi connectivity index (χ0n) is 22.3. The predicted molar refractivity (Wildman–Crippen MR) is 139 cm³/mol. The molecular weight excluding hydrogens is 473 g/mol. The average Bonchev–Trinajstić information content (AvgIpc) is 3.44. The van der Waals surface area contributed by atoms with E-state index in [1.165, 1.54) is 6.42 Å². The largest absolute Gasteiger partial charge is 0.461 e. The van der Waals surface area contributed by atoms with Crippen LogP contribution < -0.4 is 10.1 Å². The number of carbonyl (C=O) groups is 1. The minimum absolute atomic E-state index is 0.181. The number of cyclic esters (lactones) is 1. The molecule has 6 fully saturated rings. The summed E-state index contributed by atoms with van der Waals surface area (Å²) in [6.45, 7) is 15.0. The van der Waals surface area contributed by atoms with Crippen molar-refractivity contribution >= 4 is 24.8 Å². The fourth-order valence-electron chi connectivity index (χ4n) is 7.71. The number of benzene rings is 1. The number of carbonyl (C=O) groups excluding carboxylic acids is 1. The van der Waals surface area contributed by atoms with Crippen molar-refractivity contribution in [3.63, 3.8) is 0 Å². The van der Waals surface area contributed by atoms with E-state index in [1.807, 2.05) is 13.8 Å². The van der Waals surface area contributed by atoms with Crippen LogP contribution in [0.3, 0.4) is 0 Å². The van der Waals surface area contributed by atoms with Gasteiger partial charge in [0.05, 0.1) is 11.7 Å². The highest BCUT2D eigenvalue weighted by atomic mass is 32.2. The Hall–Kier alpha value is -1.22. The summed E-state index contributed by atoms with van der Waals surface area (Å²) < 4.78 is 25.4. The van der Waals surface area contributed by atoms with E-state index in [0.717, 1.165) is 42.3 Å². The highest BCUT2D eigenvalue weighted by molar-refractivity contribution is 8.00. The molecule has 0 aromatic heterocycles. The van der Waals surface area contributed by atoms with Crippen molar-refractivity contribution in [1.82, 2.24) is 5.32 Å². The molecular formula is C28H38BNO5S. The summed E-state index contributed by atoms with van der Waals surface area (Å²) in [6, 6.07) is 4.28. The van der Waals surface area contributed by atoms with E-state index in [2.05, 4.69) is 45.1 Å². The van der Waals surface area contributed by atoms with Crippen molar-refractivity contribution in [2.75, 3.05) is 13.1 Å². The van der Waals surface area contributed by atoms with Crippen LogP contribution in [0.25, 0.3) is 0 Å². The number of ether oxygens (including phenoxy) is 2. The molecule has 3 aliphatic heterocycles. The van der Waals surface area contributed by atoms with Crippen LogP contribution in [-0.4, -0.2) is 48.9 Å². The van der Waals surface area contributed by atoms with Crippen LogP contribution in [0, 0.1) is 23.2 Å². The third kappa shape index (κ3) is 3.39. The summed E-state index contributed by atoms with van der Waals surface area (Å²) in [7, 11) is -0.181. The normalized spacial score (nSPS) is 40.2. The second-order valence-corrected chi connectivity index (χ2v) is 14.8. The standard InChI is InChI=1S/C28H38BNO5S/c1-14(15-12-30-13-15)36-20-8-7-17(24-23(20)25(31)33-27(4,5)32-24)18-11-19(18)29-34-22-10-16-9-21(26(16,2)3)28(22,6)35-29/h7-8,14-16,18-19,21-22,30H,9-13H2,1-6H3/t14-,16-,18-,19-,21-,22+,28+/m1/s1. The molecule has 0 spiro atoms. The Kier molecular flexibility index (Phi) is 5.09. The van der Waals surface area contributed by atoms with Crippen LogP contribution in [0.2, 0.25) is 5.82 Å². The first-order valence-corrected chi connectivity index (χ1v) is 14.7. The van der Waals surface area contributed by atoms with Gasteiger partial charge in [0, 0.05) is 42.9 Å². The third-order valence-corrected chi connectivity index (χ3v) is 11.7. The van der Waals surface area contributed by atoms with Gasteiger partial charge in [-0.2, -0.15) is 0 Å². The van der Waals surface area contributed by atoms with Crippen molar-refractivity contribution < 1.29 is 23.6 Å². The lowest BCUT2D eigenvalue weighted by Crippen LogP contribution is -2.65. The van der Waals surface area contributed by atoms with Crippen molar-refractivity contribution in [2.24, 2.45) is 23.2 Å². The van der Waals surface area contributed by atoms with Gasteiger partial charge in [-0.3, -0.25) is 0 Å². The van der Waals surface area contributed by atoms with Gasteiger partial charge in [0.25, 0.3) is 0 Å². The number of nitrogens with one attached hydrogen (secondary N) is 1. The minimum Gasteiger partial charge on any atom is -0.452 e. The smallest absolute Gasteiger partial charge is 0.452 e. The van der Waals surface area contributed by atoms with Gasteiger partial charge in [-0.25, -0.2) is 4.79 Å². The van der Waals surface area contributed by atoms with E-state index >= 15 is 0 Å². The van der Waals surface area contributed by atoms with E-state index < -0.39 is 5.79 Å². The van der Waals surface area contributed by atoms with Crippen molar-refractivity contribution in [3.8, 4) is 5.75 Å². The molecule has 3 heterocycles. The second-order valence-electron chi connectivity index (χ2n) is 13.3. The summed E-state index contributed by atoms with van der Waals surface area (Å²) in [5.41, 5.74) is 1.84. The molecule has 1 aromatic rings. The Bertz CT molecular complexity index is 1120. The molecule has 4 saturated carbocycles. The molecule has 194 valence electrons. The van der Waals surface area contributed by atoms with E-state index in [0.29, 0.717) is 39.6 Å². The Balaban J connectivity index is 1.15. The molecule has 7 aliphatic rings. The summed E-state index contributed by atoms with van der Waals surface area (Å²) in [4.78, 5) is 14.2.